The first kappa shape index (κ1) is 13.4. The zero-order chi connectivity index (χ0) is 13.0. The minimum Gasteiger partial charge on any atom is -0.496 e. The average molecular weight is 248 g/mol. The molecule has 100 valence electrons. The summed E-state index contributed by atoms with van der Waals surface area (Å²) in [6.45, 7) is 5.08. The van der Waals surface area contributed by atoms with Crippen molar-refractivity contribution in [1.29, 1.82) is 0 Å². The Balaban J connectivity index is 2.09. The lowest BCUT2D eigenvalue weighted by Gasteiger charge is -2.23. The van der Waals surface area contributed by atoms with Crippen LogP contribution in [0.5, 0.6) is 5.75 Å². The molecule has 1 aromatic carbocycles. The molecule has 1 atom stereocenters. The largest absolute Gasteiger partial charge is 0.496 e. The molecule has 2 rings (SSSR count). The number of rotatable bonds is 5. The SMILES string of the molecule is CCC1CCCN1Cc1ccc(OC)c(CN)c1. The Kier molecular flexibility index (Phi) is 4.61. The van der Waals surface area contributed by atoms with Crippen LogP contribution in [0.2, 0.25) is 0 Å². The topological polar surface area (TPSA) is 38.5 Å². The van der Waals surface area contributed by atoms with Crippen molar-refractivity contribution >= 4 is 0 Å². The third-order valence-electron chi connectivity index (χ3n) is 3.92. The van der Waals surface area contributed by atoms with Gasteiger partial charge in [0.15, 0.2) is 0 Å². The molecule has 1 fully saturated rings. The molecule has 0 bridgehead atoms. The molecule has 2 N–H and O–H groups in total. The smallest absolute Gasteiger partial charge is 0.123 e. The highest BCUT2D eigenvalue weighted by atomic mass is 16.5. The fraction of sp³-hybridized carbons (Fsp3) is 0.600. The van der Waals surface area contributed by atoms with Crippen LogP contribution in [-0.4, -0.2) is 24.6 Å². The normalized spacial score (nSPS) is 20.3. The molecule has 1 aliphatic heterocycles. The van der Waals surface area contributed by atoms with E-state index in [1.807, 2.05) is 6.07 Å². The molecule has 0 aromatic heterocycles. The van der Waals surface area contributed by atoms with Crippen LogP contribution >= 0.6 is 0 Å². The first-order valence-electron chi connectivity index (χ1n) is 6.88. The van der Waals surface area contributed by atoms with Gasteiger partial charge in [-0.3, -0.25) is 4.90 Å². The number of hydrogen-bond donors (Lipinski definition) is 1. The van der Waals surface area contributed by atoms with E-state index in [2.05, 4.69) is 24.0 Å². The van der Waals surface area contributed by atoms with Gasteiger partial charge in [0.1, 0.15) is 5.75 Å². The van der Waals surface area contributed by atoms with Crippen LogP contribution in [0.4, 0.5) is 0 Å². The van der Waals surface area contributed by atoms with Crippen molar-refractivity contribution in [1.82, 2.24) is 4.90 Å². The zero-order valence-electron chi connectivity index (χ0n) is 11.5. The number of hydrogen-bond acceptors (Lipinski definition) is 3. The molecule has 3 nitrogen and oxygen atoms in total. The van der Waals surface area contributed by atoms with E-state index in [9.17, 15) is 0 Å². The van der Waals surface area contributed by atoms with Gasteiger partial charge in [-0.1, -0.05) is 13.0 Å². The average Bonchev–Trinajstić information content (AvgIpc) is 2.85. The second-order valence-corrected chi connectivity index (χ2v) is 5.03. The van der Waals surface area contributed by atoms with Crippen molar-refractivity contribution in [3.63, 3.8) is 0 Å². The summed E-state index contributed by atoms with van der Waals surface area (Å²) in [6.07, 6.45) is 3.93. The molecule has 1 saturated heterocycles. The second-order valence-electron chi connectivity index (χ2n) is 5.03. The van der Waals surface area contributed by atoms with Crippen molar-refractivity contribution in [2.45, 2.75) is 45.3 Å². The molecule has 1 aliphatic rings. The van der Waals surface area contributed by atoms with E-state index >= 15 is 0 Å². The first-order valence-corrected chi connectivity index (χ1v) is 6.88. The number of nitrogens with zero attached hydrogens (tertiary/aromatic N) is 1. The predicted molar refractivity (Wildman–Crippen MR) is 74.6 cm³/mol. The van der Waals surface area contributed by atoms with Gasteiger partial charge in [-0.05, 0) is 43.5 Å². The summed E-state index contributed by atoms with van der Waals surface area (Å²) in [5.41, 5.74) is 8.21. The van der Waals surface area contributed by atoms with E-state index in [0.717, 1.165) is 23.9 Å². The van der Waals surface area contributed by atoms with Crippen LogP contribution in [0.25, 0.3) is 0 Å². The Labute approximate surface area is 110 Å². The van der Waals surface area contributed by atoms with Gasteiger partial charge in [0.2, 0.25) is 0 Å². The molecule has 1 unspecified atom stereocenters. The highest BCUT2D eigenvalue weighted by Gasteiger charge is 2.22. The van der Waals surface area contributed by atoms with Gasteiger partial charge in [0.25, 0.3) is 0 Å². The molecule has 0 aliphatic carbocycles. The number of benzene rings is 1. The fourth-order valence-corrected chi connectivity index (χ4v) is 2.89. The molecule has 0 spiro atoms. The van der Waals surface area contributed by atoms with E-state index in [0.29, 0.717) is 6.54 Å². The number of methoxy groups -OCH3 is 1. The van der Waals surface area contributed by atoms with Gasteiger partial charge in [0.05, 0.1) is 7.11 Å². The summed E-state index contributed by atoms with van der Waals surface area (Å²) in [5, 5.41) is 0. The fourth-order valence-electron chi connectivity index (χ4n) is 2.89. The minimum absolute atomic E-state index is 0.536. The lowest BCUT2D eigenvalue weighted by atomic mass is 10.1. The number of likely N-dealkylation sites (tertiary alicyclic amines) is 1. The van der Waals surface area contributed by atoms with Crippen LogP contribution in [-0.2, 0) is 13.1 Å². The molecule has 3 heteroatoms. The standard InChI is InChI=1S/C15H24N2O/c1-3-14-5-4-8-17(14)11-12-6-7-15(18-2)13(9-12)10-16/h6-7,9,14H,3-5,8,10-11,16H2,1-2H3. The Morgan fingerprint density at radius 2 is 2.28 bits per heavy atom. The highest BCUT2D eigenvalue weighted by Crippen LogP contribution is 2.25. The third-order valence-corrected chi connectivity index (χ3v) is 3.92. The van der Waals surface area contributed by atoms with Crippen LogP contribution in [0.15, 0.2) is 18.2 Å². The van der Waals surface area contributed by atoms with E-state index in [1.165, 1.54) is 31.4 Å². The Morgan fingerprint density at radius 1 is 1.44 bits per heavy atom. The van der Waals surface area contributed by atoms with Gasteiger partial charge in [0, 0.05) is 24.7 Å². The second kappa shape index (κ2) is 6.21. The molecule has 1 heterocycles. The maximum absolute atomic E-state index is 5.76. The summed E-state index contributed by atoms with van der Waals surface area (Å²) in [4.78, 5) is 2.59. The van der Waals surface area contributed by atoms with Gasteiger partial charge in [-0.25, -0.2) is 0 Å². The summed E-state index contributed by atoms with van der Waals surface area (Å²) in [7, 11) is 1.70. The van der Waals surface area contributed by atoms with Crippen molar-refractivity contribution in [3.05, 3.63) is 29.3 Å². The van der Waals surface area contributed by atoms with E-state index in [1.54, 1.807) is 7.11 Å². The Bertz CT molecular complexity index is 392. The van der Waals surface area contributed by atoms with Crippen molar-refractivity contribution in [3.8, 4) is 5.75 Å². The van der Waals surface area contributed by atoms with Gasteiger partial charge >= 0.3 is 0 Å². The molecule has 1 aromatic rings. The van der Waals surface area contributed by atoms with Crippen LogP contribution in [0.1, 0.15) is 37.3 Å². The first-order chi connectivity index (χ1) is 8.78. The monoisotopic (exact) mass is 248 g/mol. The van der Waals surface area contributed by atoms with Crippen molar-refractivity contribution in [2.75, 3.05) is 13.7 Å². The van der Waals surface area contributed by atoms with E-state index in [-0.39, 0.29) is 0 Å². The minimum atomic E-state index is 0.536. The summed E-state index contributed by atoms with van der Waals surface area (Å²) < 4.78 is 5.31. The quantitative estimate of drug-likeness (QED) is 0.870. The molecule has 18 heavy (non-hydrogen) atoms. The van der Waals surface area contributed by atoms with E-state index in [4.69, 9.17) is 10.5 Å². The Hall–Kier alpha value is -1.06. The van der Waals surface area contributed by atoms with Crippen molar-refractivity contribution < 1.29 is 4.74 Å². The maximum Gasteiger partial charge on any atom is 0.123 e. The van der Waals surface area contributed by atoms with Gasteiger partial charge < -0.3 is 10.5 Å². The molecular weight excluding hydrogens is 224 g/mol. The zero-order valence-corrected chi connectivity index (χ0v) is 11.5. The number of nitrogens with two attached hydrogens (primary N) is 1. The highest BCUT2D eigenvalue weighted by molar-refractivity contribution is 5.37. The van der Waals surface area contributed by atoms with Gasteiger partial charge in [-0.2, -0.15) is 0 Å². The number of ether oxygens (including phenoxy) is 1. The molecular formula is C15H24N2O. The third kappa shape index (κ3) is 2.85. The van der Waals surface area contributed by atoms with Crippen molar-refractivity contribution in [2.24, 2.45) is 5.73 Å². The summed E-state index contributed by atoms with van der Waals surface area (Å²) in [5.74, 6) is 0.898. The maximum atomic E-state index is 5.76. The Morgan fingerprint density at radius 3 is 2.94 bits per heavy atom. The predicted octanol–water partition coefficient (Wildman–Crippen LogP) is 2.53. The van der Waals surface area contributed by atoms with Crippen LogP contribution in [0, 0.1) is 0 Å². The summed E-state index contributed by atoms with van der Waals surface area (Å²) in [6, 6.07) is 7.13. The molecule has 0 saturated carbocycles. The van der Waals surface area contributed by atoms with Crippen LogP contribution in [0.3, 0.4) is 0 Å². The van der Waals surface area contributed by atoms with Gasteiger partial charge in [-0.15, -0.1) is 0 Å². The van der Waals surface area contributed by atoms with Crippen LogP contribution < -0.4 is 10.5 Å². The van der Waals surface area contributed by atoms with E-state index < -0.39 is 0 Å². The molecule has 0 radical (unpaired) electrons. The molecule has 0 amide bonds. The lowest BCUT2D eigenvalue weighted by molar-refractivity contribution is 0.240. The lowest BCUT2D eigenvalue weighted by Crippen LogP contribution is -2.28. The summed E-state index contributed by atoms with van der Waals surface area (Å²) >= 11 is 0.